The quantitative estimate of drug-likeness (QED) is 0.797. The molecule has 0 bridgehead atoms. The second-order valence-corrected chi connectivity index (χ2v) is 4.57. The molecule has 0 aliphatic carbocycles. The van der Waals surface area contributed by atoms with Crippen molar-refractivity contribution in [2.45, 2.75) is 39.0 Å². The Hall–Kier alpha value is -0.570. The van der Waals surface area contributed by atoms with Gasteiger partial charge in [-0.2, -0.15) is 0 Å². The van der Waals surface area contributed by atoms with Crippen LogP contribution in [0.25, 0.3) is 0 Å². The Morgan fingerprint density at radius 2 is 2.00 bits per heavy atom. The lowest BCUT2D eigenvalue weighted by Crippen LogP contribution is -2.47. The highest BCUT2D eigenvalue weighted by Gasteiger charge is 2.32. The van der Waals surface area contributed by atoms with Gasteiger partial charge in [0.2, 0.25) is 0 Å². The minimum absolute atomic E-state index is 0.330. The molecule has 16 heavy (non-hydrogen) atoms. The molecule has 90 valence electrons. The van der Waals surface area contributed by atoms with Gasteiger partial charge in [-0.25, -0.2) is 0 Å². The minimum Gasteiger partial charge on any atom is -0.360 e. The zero-order chi connectivity index (χ0) is 12.2. The molecule has 1 aromatic carbocycles. The predicted molar refractivity (Wildman–Crippen MR) is 68.7 cm³/mol. The maximum absolute atomic E-state index is 6.23. The maximum Gasteiger partial charge on any atom is 0.146 e. The van der Waals surface area contributed by atoms with Crippen molar-refractivity contribution in [3.63, 3.8) is 0 Å². The van der Waals surface area contributed by atoms with E-state index in [1.165, 1.54) is 0 Å². The van der Waals surface area contributed by atoms with Crippen LogP contribution in [0.5, 0.6) is 0 Å². The Kier molecular flexibility index (Phi) is 4.78. The molecular weight excluding hydrogens is 222 g/mol. The molecule has 0 saturated heterocycles. The van der Waals surface area contributed by atoms with Crippen molar-refractivity contribution in [2.75, 3.05) is 7.11 Å². The van der Waals surface area contributed by atoms with E-state index in [1.807, 2.05) is 24.3 Å². The third-order valence-electron chi connectivity index (χ3n) is 2.68. The number of ether oxygens (including phenoxy) is 1. The van der Waals surface area contributed by atoms with E-state index < -0.39 is 5.72 Å². The number of nitrogens with one attached hydrogen (secondary N) is 1. The van der Waals surface area contributed by atoms with Gasteiger partial charge in [0.1, 0.15) is 5.72 Å². The zero-order valence-corrected chi connectivity index (χ0v) is 11.1. The summed E-state index contributed by atoms with van der Waals surface area (Å²) in [5.41, 5.74) is 0.502. The lowest BCUT2D eigenvalue weighted by molar-refractivity contribution is -0.0544. The van der Waals surface area contributed by atoms with Crippen molar-refractivity contribution < 1.29 is 4.74 Å². The topological polar surface area (TPSA) is 21.3 Å². The number of hydrogen-bond acceptors (Lipinski definition) is 2. The van der Waals surface area contributed by atoms with Gasteiger partial charge in [-0.1, -0.05) is 36.7 Å². The van der Waals surface area contributed by atoms with Crippen LogP contribution in [0.2, 0.25) is 5.02 Å². The smallest absolute Gasteiger partial charge is 0.146 e. The summed E-state index contributed by atoms with van der Waals surface area (Å²) in [4.78, 5) is 0. The largest absolute Gasteiger partial charge is 0.360 e. The molecule has 3 heteroatoms. The van der Waals surface area contributed by atoms with Gasteiger partial charge in [-0.15, -0.1) is 0 Å². The molecule has 1 rings (SSSR count). The van der Waals surface area contributed by atoms with E-state index in [2.05, 4.69) is 26.1 Å². The molecule has 0 aromatic heterocycles. The van der Waals surface area contributed by atoms with E-state index in [-0.39, 0.29) is 0 Å². The lowest BCUT2D eigenvalue weighted by Gasteiger charge is -2.35. The van der Waals surface area contributed by atoms with E-state index in [9.17, 15) is 0 Å². The van der Waals surface area contributed by atoms with Crippen molar-refractivity contribution in [3.05, 3.63) is 34.9 Å². The molecule has 2 nitrogen and oxygen atoms in total. The lowest BCUT2D eigenvalue weighted by atomic mass is 9.98. The average Bonchev–Trinajstić information content (AvgIpc) is 2.26. The van der Waals surface area contributed by atoms with Gasteiger partial charge in [0.25, 0.3) is 0 Å². The fourth-order valence-electron chi connectivity index (χ4n) is 1.94. The molecule has 0 spiro atoms. The van der Waals surface area contributed by atoms with Crippen molar-refractivity contribution in [2.24, 2.45) is 0 Å². The summed E-state index contributed by atoms with van der Waals surface area (Å²) in [7, 11) is 1.71. The molecular formula is C13H20ClNO. The van der Waals surface area contributed by atoms with E-state index in [0.717, 1.165) is 17.0 Å². The van der Waals surface area contributed by atoms with Crippen LogP contribution in [-0.2, 0) is 10.5 Å². The van der Waals surface area contributed by atoms with Crippen LogP contribution in [0.4, 0.5) is 0 Å². The van der Waals surface area contributed by atoms with E-state index >= 15 is 0 Å². The van der Waals surface area contributed by atoms with Crippen LogP contribution >= 0.6 is 11.6 Å². The Balaban J connectivity index is 3.15. The second-order valence-electron chi connectivity index (χ2n) is 4.16. The minimum atomic E-state index is -0.494. The third-order valence-corrected chi connectivity index (χ3v) is 3.01. The molecule has 0 amide bonds. The summed E-state index contributed by atoms with van der Waals surface area (Å²) in [5.74, 6) is 0. The van der Waals surface area contributed by atoms with Crippen molar-refractivity contribution >= 4 is 11.6 Å². The van der Waals surface area contributed by atoms with Crippen LogP contribution in [0.3, 0.4) is 0 Å². The monoisotopic (exact) mass is 241 g/mol. The number of benzene rings is 1. The van der Waals surface area contributed by atoms with E-state index in [0.29, 0.717) is 6.04 Å². The molecule has 0 radical (unpaired) electrons. The Morgan fingerprint density at radius 3 is 2.44 bits per heavy atom. The summed E-state index contributed by atoms with van der Waals surface area (Å²) in [6.07, 6.45) is 0.825. The molecule has 0 aliphatic rings. The van der Waals surface area contributed by atoms with Crippen LogP contribution < -0.4 is 5.32 Å². The van der Waals surface area contributed by atoms with Crippen LogP contribution in [0.1, 0.15) is 32.8 Å². The summed E-state index contributed by atoms with van der Waals surface area (Å²) >= 11 is 6.23. The number of methoxy groups -OCH3 is 1. The van der Waals surface area contributed by atoms with Crippen LogP contribution in [-0.4, -0.2) is 13.2 Å². The molecule has 0 unspecified atom stereocenters. The maximum atomic E-state index is 6.23. The standard InChI is InChI=1S/C13H20ClNO/c1-5-13(16-4,15-10(2)3)11-8-6-7-9-12(11)14/h6-10,15H,5H2,1-4H3/t13-/m0/s1. The van der Waals surface area contributed by atoms with Gasteiger partial charge in [-0.3, -0.25) is 5.32 Å². The summed E-state index contributed by atoms with van der Waals surface area (Å²) in [6.45, 7) is 6.28. The van der Waals surface area contributed by atoms with Crippen molar-refractivity contribution in [1.82, 2.24) is 5.32 Å². The first-order valence-electron chi connectivity index (χ1n) is 5.63. The Labute approximate surface area is 103 Å². The van der Waals surface area contributed by atoms with Gasteiger partial charge in [0.15, 0.2) is 0 Å². The second kappa shape index (κ2) is 5.67. The molecule has 1 N–H and O–H groups in total. The molecule has 0 fully saturated rings. The zero-order valence-electron chi connectivity index (χ0n) is 10.4. The summed E-state index contributed by atoms with van der Waals surface area (Å²) in [5, 5.41) is 4.18. The van der Waals surface area contributed by atoms with Crippen molar-refractivity contribution in [3.8, 4) is 0 Å². The summed E-state index contributed by atoms with van der Waals surface area (Å²) < 4.78 is 5.67. The molecule has 1 aromatic rings. The van der Waals surface area contributed by atoms with E-state index in [1.54, 1.807) is 7.11 Å². The SMILES string of the molecule is CC[C@](NC(C)C)(OC)c1ccccc1Cl. The van der Waals surface area contributed by atoms with Gasteiger partial charge in [-0.05, 0) is 26.3 Å². The van der Waals surface area contributed by atoms with Crippen LogP contribution in [0.15, 0.2) is 24.3 Å². The number of hydrogen-bond donors (Lipinski definition) is 1. The highest BCUT2D eigenvalue weighted by molar-refractivity contribution is 6.31. The molecule has 1 atom stereocenters. The fourth-order valence-corrected chi connectivity index (χ4v) is 2.23. The first kappa shape index (κ1) is 13.5. The van der Waals surface area contributed by atoms with Gasteiger partial charge in [0.05, 0.1) is 0 Å². The first-order chi connectivity index (χ1) is 7.55. The highest BCUT2D eigenvalue weighted by Crippen LogP contribution is 2.31. The molecule has 0 aliphatic heterocycles. The Bertz CT molecular complexity index is 334. The third kappa shape index (κ3) is 2.76. The van der Waals surface area contributed by atoms with Gasteiger partial charge < -0.3 is 4.74 Å². The molecule has 0 saturated carbocycles. The number of halogens is 1. The van der Waals surface area contributed by atoms with Gasteiger partial charge in [0, 0.05) is 23.7 Å². The average molecular weight is 242 g/mol. The van der Waals surface area contributed by atoms with Gasteiger partial charge >= 0.3 is 0 Å². The van der Waals surface area contributed by atoms with Crippen molar-refractivity contribution in [1.29, 1.82) is 0 Å². The number of rotatable bonds is 5. The highest BCUT2D eigenvalue weighted by atomic mass is 35.5. The Morgan fingerprint density at radius 1 is 1.38 bits per heavy atom. The first-order valence-corrected chi connectivity index (χ1v) is 6.01. The van der Waals surface area contributed by atoms with E-state index in [4.69, 9.17) is 16.3 Å². The van der Waals surface area contributed by atoms with Crippen LogP contribution in [0, 0.1) is 0 Å². The molecule has 0 heterocycles. The predicted octanol–water partition coefficient (Wildman–Crippen LogP) is 3.55. The normalized spacial score (nSPS) is 15.1. The fraction of sp³-hybridized carbons (Fsp3) is 0.538. The summed E-state index contributed by atoms with van der Waals surface area (Å²) in [6, 6.07) is 8.13.